The number of nitrogens with one attached hydrogen (secondary N) is 1. The van der Waals surface area contributed by atoms with E-state index in [1.165, 1.54) is 0 Å². The average molecular weight is 411 g/mol. The van der Waals surface area contributed by atoms with Crippen LogP contribution in [0.4, 0.5) is 5.69 Å². The van der Waals surface area contributed by atoms with Gasteiger partial charge in [-0.05, 0) is 37.6 Å². The molecule has 0 heterocycles. The number of anilines is 1. The van der Waals surface area contributed by atoms with E-state index in [0.29, 0.717) is 12.5 Å². The predicted molar refractivity (Wildman–Crippen MR) is 103 cm³/mol. The summed E-state index contributed by atoms with van der Waals surface area (Å²) in [6.07, 6.45) is -0.0396. The molecule has 0 aliphatic rings. The highest BCUT2D eigenvalue weighted by atomic mass is 127. The molecule has 0 aliphatic heterocycles. The van der Waals surface area contributed by atoms with Crippen molar-refractivity contribution in [3.8, 4) is 5.75 Å². The number of ether oxygens (including phenoxy) is 1. The molecule has 22 heavy (non-hydrogen) atoms. The van der Waals surface area contributed by atoms with Crippen LogP contribution >= 0.6 is 24.0 Å². The van der Waals surface area contributed by atoms with Gasteiger partial charge in [-0.2, -0.15) is 0 Å². The lowest BCUT2D eigenvalue weighted by Gasteiger charge is -2.15. The fourth-order valence-electron chi connectivity index (χ4n) is 1.88. The topological polar surface area (TPSA) is 59.6 Å². The molecular weight excluding hydrogens is 389 g/mol. The van der Waals surface area contributed by atoms with Crippen LogP contribution in [0.5, 0.6) is 5.75 Å². The van der Waals surface area contributed by atoms with Crippen molar-refractivity contribution >= 4 is 35.6 Å². The summed E-state index contributed by atoms with van der Waals surface area (Å²) in [7, 11) is 0. The smallest absolute Gasteiger partial charge is 0.193 e. The van der Waals surface area contributed by atoms with Gasteiger partial charge in [0.2, 0.25) is 0 Å². The molecule has 5 heteroatoms. The monoisotopic (exact) mass is 411 g/mol. The Kier molecular flexibility index (Phi) is 7.73. The highest BCUT2D eigenvalue weighted by Gasteiger charge is 2.05. The van der Waals surface area contributed by atoms with Crippen molar-refractivity contribution in [3.05, 3.63) is 60.2 Å². The van der Waals surface area contributed by atoms with Crippen molar-refractivity contribution in [2.24, 2.45) is 10.7 Å². The second-order valence-electron chi connectivity index (χ2n) is 4.91. The minimum absolute atomic E-state index is 0. The Bertz CT molecular complexity index is 602. The number of aryl methyl sites for hydroxylation is 1. The highest BCUT2D eigenvalue weighted by molar-refractivity contribution is 14.0. The molecule has 1 atom stereocenters. The van der Waals surface area contributed by atoms with Crippen LogP contribution in [-0.2, 0) is 0 Å². The zero-order chi connectivity index (χ0) is 15.1. The number of hydrogen-bond donors (Lipinski definition) is 2. The minimum Gasteiger partial charge on any atom is -0.489 e. The third-order valence-corrected chi connectivity index (χ3v) is 2.99. The number of hydrogen-bond acceptors (Lipinski definition) is 2. The second-order valence-corrected chi connectivity index (χ2v) is 4.91. The standard InChI is InChI=1S/C17H21N3O.HI/c1-13-8-6-7-11-16(13)21-14(2)12-19-17(18)20-15-9-4-3-5-10-15;/h3-11,14H,12H2,1-2H3,(H3,18,19,20);1H. The van der Waals surface area contributed by atoms with Crippen molar-refractivity contribution in [3.63, 3.8) is 0 Å². The maximum absolute atomic E-state index is 5.86. The second kappa shape index (κ2) is 9.30. The molecule has 4 nitrogen and oxygen atoms in total. The average Bonchev–Trinajstić information content (AvgIpc) is 2.49. The van der Waals surface area contributed by atoms with Crippen LogP contribution in [0.3, 0.4) is 0 Å². The molecule has 0 saturated carbocycles. The predicted octanol–water partition coefficient (Wildman–Crippen LogP) is 3.81. The Morgan fingerprint density at radius 3 is 2.45 bits per heavy atom. The van der Waals surface area contributed by atoms with Gasteiger partial charge < -0.3 is 15.8 Å². The van der Waals surface area contributed by atoms with E-state index in [2.05, 4.69) is 10.3 Å². The Hall–Kier alpha value is -1.76. The van der Waals surface area contributed by atoms with Crippen LogP contribution in [0.1, 0.15) is 12.5 Å². The lowest BCUT2D eigenvalue weighted by molar-refractivity contribution is 0.229. The summed E-state index contributed by atoms with van der Waals surface area (Å²) in [5.74, 6) is 1.27. The van der Waals surface area contributed by atoms with Crippen LogP contribution in [0, 0.1) is 6.92 Å². The molecule has 0 amide bonds. The largest absolute Gasteiger partial charge is 0.489 e. The molecule has 2 rings (SSSR count). The number of nitrogens with two attached hydrogens (primary N) is 1. The van der Waals surface area contributed by atoms with Gasteiger partial charge in [0.1, 0.15) is 11.9 Å². The summed E-state index contributed by atoms with van der Waals surface area (Å²) >= 11 is 0. The van der Waals surface area contributed by atoms with Crippen LogP contribution in [0.2, 0.25) is 0 Å². The van der Waals surface area contributed by atoms with Crippen molar-refractivity contribution in [1.82, 2.24) is 0 Å². The molecule has 0 bridgehead atoms. The quantitative estimate of drug-likeness (QED) is 0.447. The van der Waals surface area contributed by atoms with Crippen molar-refractivity contribution < 1.29 is 4.74 Å². The summed E-state index contributed by atoms with van der Waals surface area (Å²) < 4.78 is 5.86. The lowest BCUT2D eigenvalue weighted by Crippen LogP contribution is -2.25. The van der Waals surface area contributed by atoms with E-state index in [4.69, 9.17) is 10.5 Å². The van der Waals surface area contributed by atoms with Gasteiger partial charge in [0.25, 0.3) is 0 Å². The SMILES string of the molecule is Cc1ccccc1OC(C)CN=C(N)Nc1ccccc1.I. The molecule has 0 spiro atoms. The molecule has 0 fully saturated rings. The van der Waals surface area contributed by atoms with Gasteiger partial charge in [-0.25, -0.2) is 4.99 Å². The summed E-state index contributed by atoms with van der Waals surface area (Å²) in [6, 6.07) is 17.7. The van der Waals surface area contributed by atoms with Gasteiger partial charge in [0.05, 0.1) is 6.54 Å². The summed E-state index contributed by atoms with van der Waals surface area (Å²) in [4.78, 5) is 4.30. The fraction of sp³-hybridized carbons (Fsp3) is 0.235. The maximum atomic E-state index is 5.86. The first-order valence-electron chi connectivity index (χ1n) is 6.99. The minimum atomic E-state index is -0.0396. The number of para-hydroxylation sites is 2. The zero-order valence-corrected chi connectivity index (χ0v) is 15.2. The molecule has 0 saturated heterocycles. The summed E-state index contributed by atoms with van der Waals surface area (Å²) in [5.41, 5.74) is 7.90. The van der Waals surface area contributed by atoms with Crippen LogP contribution < -0.4 is 15.8 Å². The van der Waals surface area contributed by atoms with Crippen LogP contribution in [0.25, 0.3) is 0 Å². The van der Waals surface area contributed by atoms with E-state index in [0.717, 1.165) is 17.0 Å². The van der Waals surface area contributed by atoms with E-state index in [1.807, 2.05) is 68.4 Å². The molecular formula is C17H22IN3O. The number of benzene rings is 2. The van der Waals surface area contributed by atoms with Crippen LogP contribution in [0.15, 0.2) is 59.6 Å². The Morgan fingerprint density at radius 2 is 1.77 bits per heavy atom. The summed E-state index contributed by atoms with van der Waals surface area (Å²) in [5, 5.41) is 3.04. The molecule has 0 aliphatic carbocycles. The highest BCUT2D eigenvalue weighted by Crippen LogP contribution is 2.17. The molecule has 118 valence electrons. The molecule has 0 radical (unpaired) electrons. The van der Waals surface area contributed by atoms with Gasteiger partial charge >= 0.3 is 0 Å². The van der Waals surface area contributed by atoms with Crippen LogP contribution in [-0.4, -0.2) is 18.6 Å². The van der Waals surface area contributed by atoms with E-state index >= 15 is 0 Å². The first kappa shape index (κ1) is 18.3. The van der Waals surface area contributed by atoms with Gasteiger partial charge in [0, 0.05) is 5.69 Å². The number of guanidine groups is 1. The zero-order valence-electron chi connectivity index (χ0n) is 12.8. The van der Waals surface area contributed by atoms with Crippen molar-refractivity contribution in [2.45, 2.75) is 20.0 Å². The Balaban J connectivity index is 0.00000242. The van der Waals surface area contributed by atoms with E-state index in [-0.39, 0.29) is 30.1 Å². The number of aliphatic imine (C=N–C) groups is 1. The van der Waals surface area contributed by atoms with Gasteiger partial charge in [-0.3, -0.25) is 0 Å². The Labute approximate surface area is 148 Å². The number of nitrogens with zero attached hydrogens (tertiary/aromatic N) is 1. The van der Waals surface area contributed by atoms with Crippen molar-refractivity contribution in [2.75, 3.05) is 11.9 Å². The first-order valence-corrected chi connectivity index (χ1v) is 6.99. The van der Waals surface area contributed by atoms with Gasteiger partial charge in [0.15, 0.2) is 5.96 Å². The molecule has 3 N–H and O–H groups in total. The molecule has 2 aromatic carbocycles. The van der Waals surface area contributed by atoms with E-state index < -0.39 is 0 Å². The molecule has 0 aromatic heterocycles. The maximum Gasteiger partial charge on any atom is 0.193 e. The van der Waals surface area contributed by atoms with Gasteiger partial charge in [-0.1, -0.05) is 36.4 Å². The van der Waals surface area contributed by atoms with Crippen molar-refractivity contribution in [1.29, 1.82) is 0 Å². The Morgan fingerprint density at radius 1 is 1.14 bits per heavy atom. The lowest BCUT2D eigenvalue weighted by atomic mass is 10.2. The third kappa shape index (κ3) is 5.93. The normalized spacial score (nSPS) is 12.2. The first-order chi connectivity index (χ1) is 10.1. The molecule has 1 unspecified atom stereocenters. The van der Waals surface area contributed by atoms with E-state index in [9.17, 15) is 0 Å². The summed E-state index contributed by atoms with van der Waals surface area (Å²) in [6.45, 7) is 4.50. The van der Waals surface area contributed by atoms with Gasteiger partial charge in [-0.15, -0.1) is 24.0 Å². The number of rotatable bonds is 5. The molecule has 2 aromatic rings. The van der Waals surface area contributed by atoms with E-state index in [1.54, 1.807) is 0 Å². The fourth-order valence-corrected chi connectivity index (χ4v) is 1.88. The number of halogens is 1. The third-order valence-electron chi connectivity index (χ3n) is 2.99.